The van der Waals surface area contributed by atoms with Gasteiger partial charge in [-0.25, -0.2) is 0 Å². The van der Waals surface area contributed by atoms with Gasteiger partial charge in [0.15, 0.2) is 0 Å². The lowest BCUT2D eigenvalue weighted by molar-refractivity contribution is 0.0953. The Morgan fingerprint density at radius 1 is 0.762 bits per heavy atom. The maximum Gasteiger partial charge on any atom is -0.0326 e. The van der Waals surface area contributed by atoms with E-state index in [0.29, 0.717) is 5.41 Å². The van der Waals surface area contributed by atoms with Crippen molar-refractivity contribution in [1.29, 1.82) is 0 Å². The van der Waals surface area contributed by atoms with Crippen molar-refractivity contribution >= 4 is 0 Å². The van der Waals surface area contributed by atoms with E-state index in [1.165, 1.54) is 51.4 Å². The Morgan fingerprint density at radius 3 is 1.90 bits per heavy atom. The van der Waals surface area contributed by atoms with E-state index in [-0.39, 0.29) is 0 Å². The lowest BCUT2D eigenvalue weighted by Gasteiger charge is -2.42. The predicted octanol–water partition coefficient (Wildman–Crippen LogP) is 7.37. The molecule has 2 aliphatic carbocycles. The van der Waals surface area contributed by atoms with Gasteiger partial charge in [0, 0.05) is 0 Å². The summed E-state index contributed by atoms with van der Waals surface area (Å²) in [7, 11) is 0. The lowest BCUT2D eigenvalue weighted by atomic mass is 9.63. The van der Waals surface area contributed by atoms with Crippen molar-refractivity contribution in [3.05, 3.63) is 0 Å². The van der Waals surface area contributed by atoms with Gasteiger partial charge in [-0.2, -0.15) is 0 Å². The number of hydrogen-bond acceptors (Lipinski definition) is 0. The molecular weight excluding hydrogens is 252 g/mol. The van der Waals surface area contributed by atoms with E-state index in [4.69, 9.17) is 0 Å². The van der Waals surface area contributed by atoms with Gasteiger partial charge in [0.1, 0.15) is 0 Å². The van der Waals surface area contributed by atoms with Crippen molar-refractivity contribution in [2.24, 2.45) is 23.2 Å². The summed E-state index contributed by atoms with van der Waals surface area (Å²) in [6, 6.07) is 0. The van der Waals surface area contributed by atoms with Gasteiger partial charge >= 0.3 is 0 Å². The maximum absolute atomic E-state index is 2.57. The topological polar surface area (TPSA) is 0 Å². The van der Waals surface area contributed by atoms with E-state index >= 15 is 0 Å². The zero-order valence-electron chi connectivity index (χ0n) is 15.1. The maximum atomic E-state index is 2.57. The van der Waals surface area contributed by atoms with Crippen LogP contribution >= 0.6 is 0 Å². The minimum absolute atomic E-state index is 0.699. The smallest absolute Gasteiger partial charge is 0.0326 e. The number of hydrogen-bond donors (Lipinski definition) is 0. The molecule has 0 nitrogen and oxygen atoms in total. The van der Waals surface area contributed by atoms with Crippen LogP contribution < -0.4 is 0 Å². The van der Waals surface area contributed by atoms with Crippen LogP contribution in [0, 0.1) is 23.2 Å². The first kappa shape index (κ1) is 17.4. The molecule has 0 radical (unpaired) electrons. The molecule has 0 heterocycles. The molecule has 0 amide bonds. The Bertz CT molecular complexity index is 264. The first-order chi connectivity index (χ1) is 10.2. The molecule has 0 saturated heterocycles. The largest absolute Gasteiger partial charge is 0.0654 e. The van der Waals surface area contributed by atoms with E-state index in [0.717, 1.165) is 17.8 Å². The Morgan fingerprint density at radius 2 is 1.33 bits per heavy atom. The molecule has 2 aliphatic rings. The molecule has 2 saturated carbocycles. The minimum Gasteiger partial charge on any atom is -0.0654 e. The highest BCUT2D eigenvalue weighted by Crippen LogP contribution is 2.47. The van der Waals surface area contributed by atoms with Gasteiger partial charge < -0.3 is 0 Å². The van der Waals surface area contributed by atoms with Crippen molar-refractivity contribution < 1.29 is 0 Å². The van der Waals surface area contributed by atoms with Gasteiger partial charge in [0.05, 0.1) is 0 Å². The quantitative estimate of drug-likeness (QED) is 0.459. The number of rotatable bonds is 7. The third-order valence-corrected chi connectivity index (χ3v) is 6.90. The molecule has 0 atom stereocenters. The van der Waals surface area contributed by atoms with E-state index in [1.54, 1.807) is 38.5 Å². The average Bonchev–Trinajstić information content (AvgIpc) is 2.52. The Labute approximate surface area is 134 Å². The Kier molecular flexibility index (Phi) is 7.10. The highest BCUT2D eigenvalue weighted by molar-refractivity contribution is 4.86. The fraction of sp³-hybridized carbons (Fsp3) is 1.00. The summed E-state index contributed by atoms with van der Waals surface area (Å²) in [4.78, 5) is 0. The van der Waals surface area contributed by atoms with Crippen LogP contribution in [0.2, 0.25) is 0 Å². The molecule has 124 valence electrons. The fourth-order valence-corrected chi connectivity index (χ4v) is 5.10. The van der Waals surface area contributed by atoms with Crippen molar-refractivity contribution in [1.82, 2.24) is 0 Å². The third-order valence-electron chi connectivity index (χ3n) is 6.90. The normalized spacial score (nSPS) is 37.6. The molecule has 0 unspecified atom stereocenters. The van der Waals surface area contributed by atoms with Crippen LogP contribution in [0.1, 0.15) is 111 Å². The summed E-state index contributed by atoms with van der Waals surface area (Å²) in [6.45, 7) is 7.25. The van der Waals surface area contributed by atoms with E-state index in [2.05, 4.69) is 20.8 Å². The van der Waals surface area contributed by atoms with Crippen LogP contribution in [-0.4, -0.2) is 0 Å². The second-order valence-corrected chi connectivity index (χ2v) is 8.67. The molecule has 0 heteroatoms. The van der Waals surface area contributed by atoms with Gasteiger partial charge in [-0.3, -0.25) is 0 Å². The van der Waals surface area contributed by atoms with Crippen LogP contribution in [0.4, 0.5) is 0 Å². The summed E-state index contributed by atoms with van der Waals surface area (Å²) in [5.74, 6) is 3.27. The van der Waals surface area contributed by atoms with Crippen LogP contribution in [-0.2, 0) is 0 Å². The molecule has 2 fully saturated rings. The van der Waals surface area contributed by atoms with E-state index < -0.39 is 0 Å². The van der Waals surface area contributed by atoms with Crippen LogP contribution in [0.5, 0.6) is 0 Å². The molecule has 0 aromatic heterocycles. The lowest BCUT2D eigenvalue weighted by Crippen LogP contribution is -2.30. The molecule has 2 rings (SSSR count). The molecule has 0 aromatic rings. The monoisotopic (exact) mass is 292 g/mol. The first-order valence-electron chi connectivity index (χ1n) is 10.2. The van der Waals surface area contributed by atoms with Crippen molar-refractivity contribution in [2.45, 2.75) is 111 Å². The average molecular weight is 293 g/mol. The summed E-state index contributed by atoms with van der Waals surface area (Å²) in [6.07, 6.45) is 21.0. The van der Waals surface area contributed by atoms with Crippen LogP contribution in [0.15, 0.2) is 0 Å². The zero-order chi connectivity index (χ0) is 15.1. The summed E-state index contributed by atoms with van der Waals surface area (Å²) in [5, 5.41) is 0. The molecule has 0 aromatic carbocycles. The van der Waals surface area contributed by atoms with E-state index in [9.17, 15) is 0 Å². The number of unbranched alkanes of at least 4 members (excludes halogenated alkanes) is 2. The Balaban J connectivity index is 1.69. The highest BCUT2D eigenvalue weighted by Gasteiger charge is 2.35. The second-order valence-electron chi connectivity index (χ2n) is 8.67. The van der Waals surface area contributed by atoms with Gasteiger partial charge in [0.2, 0.25) is 0 Å². The minimum atomic E-state index is 0.699. The van der Waals surface area contributed by atoms with Crippen LogP contribution in [0.3, 0.4) is 0 Å². The highest BCUT2D eigenvalue weighted by atomic mass is 14.4. The summed E-state index contributed by atoms with van der Waals surface area (Å²) >= 11 is 0. The summed E-state index contributed by atoms with van der Waals surface area (Å²) < 4.78 is 0. The molecule has 0 spiro atoms. The van der Waals surface area contributed by atoms with Crippen molar-refractivity contribution in [2.75, 3.05) is 0 Å². The molecule has 0 aliphatic heterocycles. The molecular formula is C21H40. The standard InChI is InChI=1S/C21H40/c1-4-6-8-18-9-11-19(12-10-18)20-13-16-21(3,17-14-20)15-7-5-2/h18-20H,4-17H2,1-3H3/t18?,19?,20-,21-. The molecule has 21 heavy (non-hydrogen) atoms. The van der Waals surface area contributed by atoms with Crippen molar-refractivity contribution in [3.63, 3.8) is 0 Å². The summed E-state index contributed by atoms with van der Waals surface area (Å²) in [5.41, 5.74) is 0.699. The Hall–Kier alpha value is 0. The van der Waals surface area contributed by atoms with Gasteiger partial charge in [-0.1, -0.05) is 65.7 Å². The predicted molar refractivity (Wildman–Crippen MR) is 94.6 cm³/mol. The van der Waals surface area contributed by atoms with Gasteiger partial charge in [0.25, 0.3) is 0 Å². The van der Waals surface area contributed by atoms with Crippen LogP contribution in [0.25, 0.3) is 0 Å². The molecule has 0 N–H and O–H groups in total. The fourth-order valence-electron chi connectivity index (χ4n) is 5.10. The van der Waals surface area contributed by atoms with Gasteiger partial charge in [-0.15, -0.1) is 0 Å². The second kappa shape index (κ2) is 8.59. The SMILES string of the molecule is CCCCC1CCC([C@H]2CC[C@](C)(CCCC)CC2)CC1. The first-order valence-corrected chi connectivity index (χ1v) is 10.2. The van der Waals surface area contributed by atoms with E-state index in [1.807, 2.05) is 0 Å². The zero-order valence-corrected chi connectivity index (χ0v) is 15.1. The van der Waals surface area contributed by atoms with Gasteiger partial charge in [-0.05, 0) is 68.1 Å². The van der Waals surface area contributed by atoms with Crippen molar-refractivity contribution in [3.8, 4) is 0 Å². The third kappa shape index (κ3) is 5.29. The molecule has 0 bridgehead atoms.